The summed E-state index contributed by atoms with van der Waals surface area (Å²) in [5.74, 6) is 2.28. The average molecular weight is 388 g/mol. The quantitative estimate of drug-likeness (QED) is 0.594. The summed E-state index contributed by atoms with van der Waals surface area (Å²) in [6.45, 7) is 12.0. The van der Waals surface area contributed by atoms with Crippen molar-refractivity contribution in [1.29, 1.82) is 0 Å². The predicted octanol–water partition coefficient (Wildman–Crippen LogP) is 4.44. The third kappa shape index (κ3) is 4.74. The smallest absolute Gasteiger partial charge is 0.276 e. The highest BCUT2D eigenvalue weighted by atomic mass is 16.5. The molecule has 2 bridgehead atoms. The highest BCUT2D eigenvalue weighted by Crippen LogP contribution is 2.50. The maximum atomic E-state index is 11.6. The van der Waals surface area contributed by atoms with Crippen LogP contribution in [0.2, 0.25) is 0 Å². The van der Waals surface area contributed by atoms with Gasteiger partial charge < -0.3 is 0 Å². The molecule has 1 aromatic heterocycles. The van der Waals surface area contributed by atoms with E-state index in [1.165, 1.54) is 32.1 Å². The Morgan fingerprint density at radius 1 is 1.29 bits per heavy atom. The summed E-state index contributed by atoms with van der Waals surface area (Å²) in [5, 5.41) is 8.79. The van der Waals surface area contributed by atoms with Crippen molar-refractivity contribution in [3.05, 3.63) is 29.1 Å². The van der Waals surface area contributed by atoms with E-state index in [0.29, 0.717) is 11.0 Å². The van der Waals surface area contributed by atoms with Gasteiger partial charge in [-0.2, -0.15) is 0 Å². The van der Waals surface area contributed by atoms with E-state index in [-0.39, 0.29) is 0 Å². The molecule has 5 nitrogen and oxygen atoms in total. The van der Waals surface area contributed by atoms with Gasteiger partial charge in [-0.25, -0.2) is 5.48 Å². The van der Waals surface area contributed by atoms with Crippen LogP contribution < -0.4 is 5.48 Å². The molecule has 2 N–H and O–H groups in total. The van der Waals surface area contributed by atoms with Crippen LogP contribution in [0.5, 0.6) is 0 Å². The van der Waals surface area contributed by atoms with Gasteiger partial charge in [-0.15, -0.1) is 0 Å². The van der Waals surface area contributed by atoms with Gasteiger partial charge in [0.25, 0.3) is 5.91 Å². The zero-order valence-electron chi connectivity index (χ0n) is 18.0. The molecule has 2 fully saturated rings. The van der Waals surface area contributed by atoms with Gasteiger partial charge in [-0.3, -0.25) is 19.9 Å². The summed E-state index contributed by atoms with van der Waals surface area (Å²) in [4.78, 5) is 18.6. The second-order valence-electron chi connectivity index (χ2n) is 9.49. The molecule has 1 amide bonds. The number of nitrogens with zero attached hydrogens (tertiary/aromatic N) is 2. The number of amides is 1. The minimum Gasteiger partial charge on any atom is -0.297 e. The molecule has 0 saturated heterocycles. The Kier molecular flexibility index (Phi) is 6.77. The Hall–Kier alpha value is -1.46. The van der Waals surface area contributed by atoms with Gasteiger partial charge in [0.1, 0.15) is 0 Å². The molecule has 4 rings (SSSR count). The Morgan fingerprint density at radius 3 is 2.61 bits per heavy atom. The normalized spacial score (nSPS) is 32.0. The van der Waals surface area contributed by atoms with Gasteiger partial charge in [-0.1, -0.05) is 27.7 Å². The van der Waals surface area contributed by atoms with E-state index in [1.807, 2.05) is 19.9 Å². The fourth-order valence-electron chi connectivity index (χ4n) is 6.17. The lowest BCUT2D eigenvalue weighted by Gasteiger charge is -2.49. The molecule has 28 heavy (non-hydrogen) atoms. The first kappa shape index (κ1) is 21.3. The van der Waals surface area contributed by atoms with E-state index < -0.39 is 5.91 Å². The van der Waals surface area contributed by atoms with E-state index >= 15 is 0 Å². The van der Waals surface area contributed by atoms with E-state index in [0.717, 1.165) is 55.1 Å². The number of carbonyl (C=O) groups excluding carboxylic acids is 1. The fourth-order valence-corrected chi connectivity index (χ4v) is 6.17. The van der Waals surface area contributed by atoms with Crippen molar-refractivity contribution in [2.45, 2.75) is 72.8 Å². The van der Waals surface area contributed by atoms with Crippen LogP contribution in [0.15, 0.2) is 12.3 Å². The number of nitrogens with one attached hydrogen (secondary N) is 1. The van der Waals surface area contributed by atoms with Gasteiger partial charge in [-0.05, 0) is 73.3 Å². The molecule has 5 heteroatoms. The van der Waals surface area contributed by atoms with Crippen LogP contribution in [-0.2, 0) is 13.0 Å². The topological polar surface area (TPSA) is 65.5 Å². The van der Waals surface area contributed by atoms with Gasteiger partial charge in [0.05, 0.1) is 11.3 Å². The predicted molar refractivity (Wildman–Crippen MR) is 111 cm³/mol. The van der Waals surface area contributed by atoms with Gasteiger partial charge in [0.2, 0.25) is 0 Å². The molecule has 0 aromatic carbocycles. The summed E-state index contributed by atoms with van der Waals surface area (Å²) in [5.41, 5.74) is 4.78. The number of fused-ring (bicyclic) bond motifs is 3. The van der Waals surface area contributed by atoms with Crippen molar-refractivity contribution in [2.24, 2.45) is 23.2 Å². The van der Waals surface area contributed by atoms with Crippen molar-refractivity contribution in [3.8, 4) is 0 Å². The third-order valence-electron chi connectivity index (χ3n) is 6.80. The molecule has 1 aliphatic heterocycles. The third-order valence-corrected chi connectivity index (χ3v) is 6.80. The molecule has 2 unspecified atom stereocenters. The largest absolute Gasteiger partial charge is 0.297 e. The van der Waals surface area contributed by atoms with E-state index in [2.05, 4.69) is 23.7 Å². The number of hydroxylamine groups is 1. The second kappa shape index (κ2) is 8.91. The molecule has 2 saturated carbocycles. The van der Waals surface area contributed by atoms with Crippen LogP contribution in [0.4, 0.5) is 0 Å². The number of hydrogen-bond donors (Lipinski definition) is 2. The minimum absolute atomic E-state index is 0.431. The SMILES string of the molecule is CC.CC1CC2CC(C1)CC(C)(CN1CCc3cc(C(=O)NO)cnc3C1)C2. The molecule has 1 aromatic rings. The Morgan fingerprint density at radius 2 is 1.96 bits per heavy atom. The van der Waals surface area contributed by atoms with Gasteiger partial charge in [0, 0.05) is 25.8 Å². The summed E-state index contributed by atoms with van der Waals surface area (Å²) >= 11 is 0. The maximum Gasteiger partial charge on any atom is 0.276 e. The molecule has 0 spiro atoms. The summed E-state index contributed by atoms with van der Waals surface area (Å²) < 4.78 is 0. The highest BCUT2D eigenvalue weighted by Gasteiger charge is 2.41. The molecule has 2 atom stereocenters. The van der Waals surface area contributed by atoms with Crippen molar-refractivity contribution < 1.29 is 10.0 Å². The zero-order valence-corrected chi connectivity index (χ0v) is 18.0. The fraction of sp³-hybridized carbons (Fsp3) is 0.739. The highest BCUT2D eigenvalue weighted by molar-refractivity contribution is 5.93. The molecule has 3 aliphatic rings. The summed E-state index contributed by atoms with van der Waals surface area (Å²) in [6.07, 6.45) is 9.55. The number of hydrogen-bond acceptors (Lipinski definition) is 4. The van der Waals surface area contributed by atoms with Crippen molar-refractivity contribution in [2.75, 3.05) is 13.1 Å². The number of carbonyl (C=O) groups is 1. The van der Waals surface area contributed by atoms with Gasteiger partial charge >= 0.3 is 0 Å². The maximum absolute atomic E-state index is 11.6. The number of pyridine rings is 1. The van der Waals surface area contributed by atoms with E-state index in [1.54, 1.807) is 11.7 Å². The molecule has 2 aliphatic carbocycles. The molecular formula is C23H37N3O2. The van der Waals surface area contributed by atoms with Crippen molar-refractivity contribution in [3.63, 3.8) is 0 Å². The monoisotopic (exact) mass is 387 g/mol. The first-order chi connectivity index (χ1) is 13.4. The molecule has 0 radical (unpaired) electrons. The van der Waals surface area contributed by atoms with Crippen molar-refractivity contribution in [1.82, 2.24) is 15.4 Å². The van der Waals surface area contributed by atoms with Gasteiger partial charge in [0.15, 0.2) is 0 Å². The number of aromatic nitrogens is 1. The standard InChI is InChI=1S/C21H31N3O2.C2H6/c1-14-5-15-7-16(6-14)10-21(2,9-15)13-24-4-3-17-8-18(20(25)23-26)11-22-19(17)12-24;1-2/h8,11,14-16,26H,3-7,9-10,12-13H2,1-2H3,(H,23,25);1-2H3. The lowest BCUT2D eigenvalue weighted by Crippen LogP contribution is -2.45. The van der Waals surface area contributed by atoms with Crippen LogP contribution in [-0.4, -0.2) is 34.1 Å². The average Bonchev–Trinajstić information content (AvgIpc) is 2.67. The molecule has 156 valence electrons. The lowest BCUT2D eigenvalue weighted by atomic mass is 9.59. The Labute approximate surface area is 169 Å². The molecular weight excluding hydrogens is 350 g/mol. The summed E-state index contributed by atoms with van der Waals surface area (Å²) in [7, 11) is 0. The lowest BCUT2D eigenvalue weighted by molar-refractivity contribution is 0.0170. The van der Waals surface area contributed by atoms with Crippen LogP contribution in [0.3, 0.4) is 0 Å². The summed E-state index contributed by atoms with van der Waals surface area (Å²) in [6, 6.07) is 1.87. The molecule has 2 heterocycles. The second-order valence-corrected chi connectivity index (χ2v) is 9.49. The zero-order chi connectivity index (χ0) is 20.3. The van der Waals surface area contributed by atoms with Crippen molar-refractivity contribution >= 4 is 5.91 Å². The first-order valence-electron chi connectivity index (χ1n) is 11.1. The van der Waals surface area contributed by atoms with Crippen LogP contribution in [0.25, 0.3) is 0 Å². The van der Waals surface area contributed by atoms with Crippen LogP contribution in [0, 0.1) is 23.2 Å². The van der Waals surface area contributed by atoms with Crippen LogP contribution in [0.1, 0.15) is 81.4 Å². The van der Waals surface area contributed by atoms with E-state index in [4.69, 9.17) is 5.21 Å². The number of rotatable bonds is 3. The van der Waals surface area contributed by atoms with Crippen LogP contribution >= 0.6 is 0 Å². The Balaban J connectivity index is 0.00000109. The van der Waals surface area contributed by atoms with E-state index in [9.17, 15) is 4.79 Å². The Bertz CT molecular complexity index is 672. The first-order valence-corrected chi connectivity index (χ1v) is 11.1. The minimum atomic E-state index is -0.488.